The molecule has 1 amide bonds. The summed E-state index contributed by atoms with van der Waals surface area (Å²) in [5, 5.41) is 48.6. The Morgan fingerprint density at radius 2 is 1.86 bits per heavy atom. The highest BCUT2D eigenvalue weighted by molar-refractivity contribution is 6.24. The number of amides is 1. The first-order chi connectivity index (χ1) is 17.1. The number of allylic oxidation sites excluding steroid dienone is 2. The third-order valence-corrected chi connectivity index (χ3v) is 8.10. The van der Waals surface area contributed by atoms with Gasteiger partial charge in [0, 0.05) is 35.9 Å². The van der Waals surface area contributed by atoms with Crippen molar-refractivity contribution in [1.29, 1.82) is 0 Å². The monoisotopic (exact) mass is 490 g/mol. The number of primary amides is 1. The Morgan fingerprint density at radius 3 is 2.56 bits per heavy atom. The van der Waals surface area contributed by atoms with E-state index in [2.05, 4.69) is 5.32 Å². The zero-order valence-electron chi connectivity index (χ0n) is 19.4. The number of benzene rings is 2. The maximum Gasteiger partial charge on any atom is 0.255 e. The lowest BCUT2D eigenvalue weighted by Gasteiger charge is -2.45. The van der Waals surface area contributed by atoms with Crippen molar-refractivity contribution in [2.45, 2.75) is 50.3 Å². The van der Waals surface area contributed by atoms with Crippen LogP contribution >= 0.6 is 0 Å². The molecule has 0 saturated heterocycles. The van der Waals surface area contributed by atoms with Crippen molar-refractivity contribution in [3.63, 3.8) is 0 Å². The van der Waals surface area contributed by atoms with Crippen LogP contribution in [-0.2, 0) is 22.6 Å². The molecule has 4 aliphatic carbocycles. The first-order valence-corrected chi connectivity index (χ1v) is 12.1. The molecular weight excluding hydrogens is 464 g/mol. The molecule has 7 N–H and O–H groups in total. The minimum atomic E-state index is -2.55. The van der Waals surface area contributed by atoms with E-state index in [9.17, 15) is 34.8 Å². The van der Waals surface area contributed by atoms with Gasteiger partial charge in [-0.2, -0.15) is 0 Å². The van der Waals surface area contributed by atoms with Crippen molar-refractivity contribution < 1.29 is 34.8 Å². The number of nitrogens with one attached hydrogen (secondary N) is 1. The zero-order valence-corrected chi connectivity index (χ0v) is 19.4. The number of carbonyl (C=O) groups is 3. The van der Waals surface area contributed by atoms with Crippen molar-refractivity contribution in [2.24, 2.45) is 17.6 Å². The summed E-state index contributed by atoms with van der Waals surface area (Å²) in [6.07, 6.45) is 2.46. The van der Waals surface area contributed by atoms with E-state index in [1.165, 1.54) is 0 Å². The maximum atomic E-state index is 13.7. The first kappa shape index (κ1) is 22.8. The summed E-state index contributed by atoms with van der Waals surface area (Å²) < 4.78 is 0. The molecule has 0 spiro atoms. The lowest BCUT2D eigenvalue weighted by molar-refractivity contribution is -0.144. The van der Waals surface area contributed by atoms with Gasteiger partial charge in [0.2, 0.25) is 5.78 Å². The van der Waals surface area contributed by atoms with E-state index in [0.29, 0.717) is 30.0 Å². The third kappa shape index (κ3) is 3.12. The van der Waals surface area contributed by atoms with Crippen LogP contribution in [0.4, 0.5) is 0 Å². The van der Waals surface area contributed by atoms with Crippen molar-refractivity contribution in [3.05, 3.63) is 63.6 Å². The number of aliphatic hydroxyl groups excluding tert-OH is 2. The molecule has 1 fully saturated rings. The minimum absolute atomic E-state index is 0.0337. The summed E-state index contributed by atoms with van der Waals surface area (Å²) in [5.74, 6) is -6.16. The van der Waals surface area contributed by atoms with E-state index in [0.717, 1.165) is 23.8 Å². The highest BCUT2D eigenvalue weighted by atomic mass is 16.3. The second-order valence-corrected chi connectivity index (χ2v) is 10.4. The van der Waals surface area contributed by atoms with Gasteiger partial charge in [-0.05, 0) is 54.2 Å². The molecule has 2 aromatic carbocycles. The lowest BCUT2D eigenvalue weighted by Crippen LogP contribution is -2.57. The van der Waals surface area contributed by atoms with E-state index in [1.807, 2.05) is 24.3 Å². The number of phenolic OH excluding ortho intramolecular Hbond substituents is 1. The van der Waals surface area contributed by atoms with Gasteiger partial charge in [-0.3, -0.25) is 14.4 Å². The van der Waals surface area contributed by atoms with E-state index < -0.39 is 52.0 Å². The van der Waals surface area contributed by atoms with Gasteiger partial charge in [0.1, 0.15) is 22.8 Å². The van der Waals surface area contributed by atoms with E-state index in [-0.39, 0.29) is 29.7 Å². The Balaban J connectivity index is 1.45. The molecule has 2 aromatic rings. The van der Waals surface area contributed by atoms with Crippen LogP contribution in [0.15, 0.2) is 46.9 Å². The van der Waals surface area contributed by atoms with Crippen LogP contribution in [0.1, 0.15) is 47.2 Å². The molecule has 4 aliphatic rings. The molecule has 36 heavy (non-hydrogen) atoms. The van der Waals surface area contributed by atoms with Crippen LogP contribution in [-0.4, -0.2) is 49.5 Å². The molecule has 9 heteroatoms. The quantitative estimate of drug-likeness (QED) is 0.353. The van der Waals surface area contributed by atoms with E-state index in [1.54, 1.807) is 0 Å². The van der Waals surface area contributed by atoms with Crippen LogP contribution in [0, 0.1) is 11.8 Å². The molecule has 0 radical (unpaired) electrons. The van der Waals surface area contributed by atoms with Gasteiger partial charge in [0.05, 0.1) is 5.56 Å². The van der Waals surface area contributed by atoms with Gasteiger partial charge in [-0.1, -0.05) is 18.2 Å². The highest BCUT2D eigenvalue weighted by Crippen LogP contribution is 2.52. The SMILES string of the molecule is NC(=O)C1=C(O)C[C@@H]2CC3Cc4cc5ccc(CNC6CC6)cc5c(O)c4C(=O)C3=C(O)[C@]2(O)C1=O. The standard InChI is InChI=1S/C27H26N2O7/c28-26(35)21-18(30)9-15-8-14-7-13-6-12-2-1-11(10-29-16-3-4-16)5-17(12)22(31)19(13)23(32)20(14)24(33)27(15,36)25(21)34/h1-2,5-6,14-16,29-31,33,36H,3-4,7-10H2,(H2,28,35)/t14?,15-,27-/m0/s1. The Morgan fingerprint density at radius 1 is 1.11 bits per heavy atom. The molecule has 1 saturated carbocycles. The summed E-state index contributed by atoms with van der Waals surface area (Å²) in [5.41, 5.74) is 3.36. The lowest BCUT2D eigenvalue weighted by atomic mass is 9.60. The fourth-order valence-electron chi connectivity index (χ4n) is 6.09. The summed E-state index contributed by atoms with van der Waals surface area (Å²) in [6, 6.07) is 8.08. The van der Waals surface area contributed by atoms with Gasteiger partial charge in [0.15, 0.2) is 11.4 Å². The second-order valence-electron chi connectivity index (χ2n) is 10.4. The number of nitrogens with two attached hydrogens (primary N) is 1. The highest BCUT2D eigenvalue weighted by Gasteiger charge is 2.59. The van der Waals surface area contributed by atoms with Crippen LogP contribution in [0.3, 0.4) is 0 Å². The minimum Gasteiger partial charge on any atom is -0.511 e. The largest absolute Gasteiger partial charge is 0.511 e. The van der Waals surface area contributed by atoms with E-state index in [4.69, 9.17) is 5.73 Å². The number of aliphatic hydroxyl groups is 3. The molecule has 0 heterocycles. The molecule has 9 nitrogen and oxygen atoms in total. The van der Waals surface area contributed by atoms with E-state index >= 15 is 0 Å². The predicted octanol–water partition coefficient (Wildman–Crippen LogP) is 1.99. The summed E-state index contributed by atoms with van der Waals surface area (Å²) in [4.78, 5) is 38.5. The van der Waals surface area contributed by atoms with Gasteiger partial charge in [-0.25, -0.2) is 0 Å². The predicted molar refractivity (Wildman–Crippen MR) is 128 cm³/mol. The van der Waals surface area contributed by atoms with Crippen molar-refractivity contribution in [1.82, 2.24) is 5.32 Å². The number of hydrogen-bond acceptors (Lipinski definition) is 8. The molecule has 3 atom stereocenters. The molecule has 0 aromatic heterocycles. The Hall–Kier alpha value is -3.69. The molecule has 0 bridgehead atoms. The Labute approximate surface area is 205 Å². The number of rotatable bonds is 4. The summed E-state index contributed by atoms with van der Waals surface area (Å²) in [7, 11) is 0. The third-order valence-electron chi connectivity index (χ3n) is 8.10. The zero-order chi connectivity index (χ0) is 25.5. The number of hydrogen-bond donors (Lipinski definition) is 6. The Kier molecular flexibility index (Phi) is 4.84. The summed E-state index contributed by atoms with van der Waals surface area (Å²) in [6.45, 7) is 0.637. The van der Waals surface area contributed by atoms with Crippen LogP contribution < -0.4 is 11.1 Å². The van der Waals surface area contributed by atoms with Crippen LogP contribution in [0.5, 0.6) is 5.75 Å². The number of ketones is 2. The number of aromatic hydroxyl groups is 1. The van der Waals surface area contributed by atoms with Gasteiger partial charge in [-0.15, -0.1) is 0 Å². The summed E-state index contributed by atoms with van der Waals surface area (Å²) >= 11 is 0. The average molecular weight is 491 g/mol. The Bertz CT molecular complexity index is 1450. The first-order valence-electron chi connectivity index (χ1n) is 12.1. The topological polar surface area (TPSA) is 170 Å². The van der Waals surface area contributed by atoms with Gasteiger partial charge in [0.25, 0.3) is 5.91 Å². The number of Topliss-reactive ketones (excluding diaryl/α,β-unsaturated/α-hetero) is 2. The smallest absolute Gasteiger partial charge is 0.255 e. The molecule has 0 aliphatic heterocycles. The van der Waals surface area contributed by atoms with Crippen molar-refractivity contribution in [3.8, 4) is 5.75 Å². The number of fused-ring (bicyclic) bond motifs is 4. The van der Waals surface area contributed by atoms with Crippen LogP contribution in [0.2, 0.25) is 0 Å². The fourth-order valence-corrected chi connectivity index (χ4v) is 6.09. The molecule has 6 rings (SSSR count). The number of phenols is 1. The number of carbonyl (C=O) groups excluding carboxylic acids is 3. The van der Waals surface area contributed by atoms with Crippen molar-refractivity contribution >= 4 is 28.2 Å². The van der Waals surface area contributed by atoms with Gasteiger partial charge < -0.3 is 31.5 Å². The average Bonchev–Trinajstić information content (AvgIpc) is 3.64. The molecular formula is C27H26N2O7. The normalized spacial score (nSPS) is 27.7. The molecule has 186 valence electrons. The molecule has 1 unspecified atom stereocenters. The maximum absolute atomic E-state index is 13.7. The van der Waals surface area contributed by atoms with Crippen LogP contribution in [0.25, 0.3) is 10.8 Å². The van der Waals surface area contributed by atoms with Crippen molar-refractivity contribution in [2.75, 3.05) is 0 Å². The van der Waals surface area contributed by atoms with Gasteiger partial charge >= 0.3 is 0 Å². The second kappa shape index (κ2) is 7.65. The fraction of sp³-hybridized carbons (Fsp3) is 0.370.